The number of rotatable bonds is 6. The van der Waals surface area contributed by atoms with Gasteiger partial charge in [0, 0.05) is 18.1 Å². The number of hydrogen-bond donors (Lipinski definition) is 2. The Morgan fingerprint density at radius 1 is 1.47 bits per heavy atom. The smallest absolute Gasteiger partial charge is 0.304 e. The van der Waals surface area contributed by atoms with E-state index >= 15 is 0 Å². The summed E-state index contributed by atoms with van der Waals surface area (Å²) in [4.78, 5) is 10.4. The highest BCUT2D eigenvalue weighted by atomic mass is 79.9. The maximum atomic E-state index is 12.0. The lowest BCUT2D eigenvalue weighted by molar-refractivity contribution is -0.137. The fraction of sp³-hybridized carbons (Fsp3) is 0.364. The average molecular weight is 351 g/mol. The number of carboxylic acid groups (broad SMARTS) is 1. The van der Waals surface area contributed by atoms with Crippen LogP contribution in [0.4, 0.5) is 5.69 Å². The zero-order valence-corrected chi connectivity index (χ0v) is 13.0. The first kappa shape index (κ1) is 15.9. The summed E-state index contributed by atoms with van der Waals surface area (Å²) in [5.41, 5.74) is 1.40. The van der Waals surface area contributed by atoms with Crippen molar-refractivity contribution in [2.75, 3.05) is 18.3 Å². The van der Waals surface area contributed by atoms with E-state index in [9.17, 15) is 13.2 Å². The van der Waals surface area contributed by atoms with Crippen molar-refractivity contribution in [3.05, 3.63) is 28.2 Å². The lowest BCUT2D eigenvalue weighted by Crippen LogP contribution is -2.34. The molecule has 1 rings (SSSR count). The monoisotopic (exact) mass is 350 g/mol. The summed E-state index contributed by atoms with van der Waals surface area (Å²) in [6.07, 6.45) is -0.244. The molecule has 0 saturated carbocycles. The normalized spacial score (nSPS) is 11.6. The molecule has 0 aliphatic carbocycles. The summed E-state index contributed by atoms with van der Waals surface area (Å²) in [6.45, 7) is 1.80. The molecule has 0 radical (unpaired) electrons. The van der Waals surface area contributed by atoms with Gasteiger partial charge in [0.2, 0.25) is 0 Å². The van der Waals surface area contributed by atoms with Crippen LogP contribution in [0.25, 0.3) is 0 Å². The Bertz CT molecular complexity index is 574. The lowest BCUT2D eigenvalue weighted by atomic mass is 10.2. The molecule has 106 valence electrons. The third kappa shape index (κ3) is 4.81. The standard InChI is InChI=1S/C11H15BrN2O4S/c1-8-3-4-10(9(12)7-8)13-19(17,18)14(2)6-5-11(15)16/h3-4,7,13H,5-6H2,1-2H3,(H,15,16). The minimum Gasteiger partial charge on any atom is -0.481 e. The minimum atomic E-state index is -3.75. The van der Waals surface area contributed by atoms with Crippen LogP contribution in [0.1, 0.15) is 12.0 Å². The van der Waals surface area contributed by atoms with E-state index in [2.05, 4.69) is 20.7 Å². The maximum absolute atomic E-state index is 12.0. The summed E-state index contributed by atoms with van der Waals surface area (Å²) in [7, 11) is -2.43. The van der Waals surface area contributed by atoms with Gasteiger partial charge in [0.05, 0.1) is 12.1 Å². The quantitative estimate of drug-likeness (QED) is 0.819. The third-order valence-electron chi connectivity index (χ3n) is 2.41. The van der Waals surface area contributed by atoms with Crippen molar-refractivity contribution in [3.8, 4) is 0 Å². The number of hydrogen-bond acceptors (Lipinski definition) is 3. The number of aliphatic carboxylic acids is 1. The van der Waals surface area contributed by atoms with Crippen LogP contribution in [-0.4, -0.2) is 37.4 Å². The molecule has 8 heteroatoms. The molecule has 0 fully saturated rings. The molecule has 19 heavy (non-hydrogen) atoms. The molecule has 0 bridgehead atoms. The Labute approximate surface area is 120 Å². The number of halogens is 1. The molecule has 0 atom stereocenters. The molecule has 0 aliphatic heterocycles. The van der Waals surface area contributed by atoms with E-state index in [-0.39, 0.29) is 13.0 Å². The van der Waals surface area contributed by atoms with Crippen LogP contribution in [0.5, 0.6) is 0 Å². The molecule has 0 aromatic heterocycles. The Morgan fingerprint density at radius 2 is 2.11 bits per heavy atom. The lowest BCUT2D eigenvalue weighted by Gasteiger charge is -2.18. The van der Waals surface area contributed by atoms with Gasteiger partial charge in [-0.2, -0.15) is 12.7 Å². The van der Waals surface area contributed by atoms with Gasteiger partial charge >= 0.3 is 16.2 Å². The predicted octanol–water partition coefficient (Wildman–Crippen LogP) is 1.82. The van der Waals surface area contributed by atoms with Gasteiger partial charge in [0.25, 0.3) is 0 Å². The second kappa shape index (κ2) is 6.36. The summed E-state index contributed by atoms with van der Waals surface area (Å²) in [5.74, 6) is -1.04. The Hall–Kier alpha value is -1.12. The van der Waals surface area contributed by atoms with Crippen molar-refractivity contribution in [2.45, 2.75) is 13.3 Å². The molecule has 0 aliphatic rings. The first-order valence-corrected chi connectivity index (χ1v) is 7.67. The van der Waals surface area contributed by atoms with Gasteiger partial charge in [-0.15, -0.1) is 0 Å². The number of nitrogens with one attached hydrogen (secondary N) is 1. The van der Waals surface area contributed by atoms with E-state index in [1.54, 1.807) is 18.2 Å². The van der Waals surface area contributed by atoms with Gasteiger partial charge in [-0.25, -0.2) is 0 Å². The average Bonchev–Trinajstić information content (AvgIpc) is 2.29. The highest BCUT2D eigenvalue weighted by molar-refractivity contribution is 9.10. The number of carboxylic acids is 1. The second-order valence-electron chi connectivity index (χ2n) is 4.06. The number of nitrogens with zero attached hydrogens (tertiary/aromatic N) is 1. The fourth-order valence-corrected chi connectivity index (χ4v) is 2.96. The predicted molar refractivity (Wildman–Crippen MR) is 76.3 cm³/mol. The number of carbonyl (C=O) groups is 1. The molecule has 0 heterocycles. The first-order valence-electron chi connectivity index (χ1n) is 5.44. The highest BCUT2D eigenvalue weighted by Crippen LogP contribution is 2.24. The summed E-state index contributed by atoms with van der Waals surface area (Å²) >= 11 is 3.27. The van der Waals surface area contributed by atoms with E-state index in [0.717, 1.165) is 9.87 Å². The van der Waals surface area contributed by atoms with E-state index < -0.39 is 16.2 Å². The number of anilines is 1. The fourth-order valence-electron chi connectivity index (χ4n) is 1.29. The maximum Gasteiger partial charge on any atom is 0.304 e. The van der Waals surface area contributed by atoms with Gasteiger partial charge in [-0.05, 0) is 40.5 Å². The van der Waals surface area contributed by atoms with Gasteiger partial charge in [-0.1, -0.05) is 6.07 Å². The summed E-state index contributed by atoms with van der Waals surface area (Å²) < 4.78 is 27.9. The van der Waals surface area contributed by atoms with Gasteiger partial charge in [0.1, 0.15) is 0 Å². The summed E-state index contributed by atoms with van der Waals surface area (Å²) in [6, 6.07) is 5.21. The Balaban J connectivity index is 2.81. The molecule has 6 nitrogen and oxygen atoms in total. The molecule has 0 spiro atoms. The SMILES string of the molecule is Cc1ccc(NS(=O)(=O)N(C)CCC(=O)O)c(Br)c1. The van der Waals surface area contributed by atoms with Crippen LogP contribution in [0.2, 0.25) is 0 Å². The zero-order valence-electron chi connectivity index (χ0n) is 10.6. The molecule has 0 unspecified atom stereocenters. The van der Waals surface area contributed by atoms with Crippen molar-refractivity contribution in [2.24, 2.45) is 0 Å². The highest BCUT2D eigenvalue weighted by Gasteiger charge is 2.19. The molecule has 0 saturated heterocycles. The minimum absolute atomic E-state index is 0.0891. The topological polar surface area (TPSA) is 86.7 Å². The van der Waals surface area contributed by atoms with Crippen molar-refractivity contribution >= 4 is 37.8 Å². The Kier molecular flexibility index (Phi) is 5.33. The molecular weight excluding hydrogens is 336 g/mol. The van der Waals surface area contributed by atoms with Crippen molar-refractivity contribution < 1.29 is 18.3 Å². The van der Waals surface area contributed by atoms with E-state index in [4.69, 9.17) is 5.11 Å². The largest absolute Gasteiger partial charge is 0.481 e. The van der Waals surface area contributed by atoms with Crippen molar-refractivity contribution in [1.29, 1.82) is 0 Å². The van der Waals surface area contributed by atoms with Crippen LogP contribution in [0, 0.1) is 6.92 Å². The van der Waals surface area contributed by atoms with Crippen LogP contribution in [0.3, 0.4) is 0 Å². The first-order chi connectivity index (χ1) is 8.72. The van der Waals surface area contributed by atoms with Crippen LogP contribution in [-0.2, 0) is 15.0 Å². The molecule has 0 amide bonds. The number of benzene rings is 1. The van der Waals surface area contributed by atoms with E-state index in [1.165, 1.54) is 7.05 Å². The molecular formula is C11H15BrN2O4S. The third-order valence-corrected chi connectivity index (χ3v) is 4.55. The number of aryl methyl sites for hydroxylation is 1. The van der Waals surface area contributed by atoms with Gasteiger partial charge < -0.3 is 5.11 Å². The van der Waals surface area contributed by atoms with Crippen LogP contribution < -0.4 is 4.72 Å². The Morgan fingerprint density at radius 3 is 2.63 bits per heavy atom. The van der Waals surface area contributed by atoms with E-state index in [0.29, 0.717) is 10.2 Å². The molecule has 2 N–H and O–H groups in total. The van der Waals surface area contributed by atoms with E-state index in [1.807, 2.05) is 6.92 Å². The van der Waals surface area contributed by atoms with Gasteiger partial charge in [0.15, 0.2) is 0 Å². The molecule has 1 aromatic rings. The van der Waals surface area contributed by atoms with Gasteiger partial charge in [-0.3, -0.25) is 9.52 Å². The zero-order chi connectivity index (χ0) is 14.6. The molecule has 1 aromatic carbocycles. The summed E-state index contributed by atoms with van der Waals surface area (Å²) in [5, 5.41) is 8.54. The van der Waals surface area contributed by atoms with Crippen molar-refractivity contribution in [3.63, 3.8) is 0 Å². The van der Waals surface area contributed by atoms with Crippen LogP contribution >= 0.6 is 15.9 Å². The van der Waals surface area contributed by atoms with Crippen molar-refractivity contribution in [1.82, 2.24) is 4.31 Å². The second-order valence-corrected chi connectivity index (χ2v) is 6.69. The van der Waals surface area contributed by atoms with Crippen LogP contribution in [0.15, 0.2) is 22.7 Å².